The van der Waals surface area contributed by atoms with E-state index in [9.17, 15) is 23.3 Å². The van der Waals surface area contributed by atoms with Crippen LogP contribution in [0.3, 0.4) is 0 Å². The molecule has 0 atom stereocenters. The minimum Gasteiger partial charge on any atom is -0.450 e. The second kappa shape index (κ2) is 9.91. The predicted molar refractivity (Wildman–Crippen MR) is 125 cm³/mol. The fraction of sp³-hybridized carbons (Fsp3) is 0.409. The molecule has 1 aliphatic rings. The molecule has 0 radical (unpaired) electrons. The number of anilines is 1. The van der Waals surface area contributed by atoms with Gasteiger partial charge in [0.05, 0.1) is 23.6 Å². The fourth-order valence-electron chi connectivity index (χ4n) is 3.38. The Hall–Kier alpha value is -2.94. The van der Waals surface area contributed by atoms with E-state index >= 15 is 0 Å². The lowest BCUT2D eigenvalue weighted by Crippen LogP contribution is -2.35. The summed E-state index contributed by atoms with van der Waals surface area (Å²) in [7, 11) is -2.15. The van der Waals surface area contributed by atoms with Crippen LogP contribution in [0.5, 0.6) is 0 Å². The summed E-state index contributed by atoms with van der Waals surface area (Å²) in [6.45, 7) is 6.33. The number of carbonyl (C=O) groups is 2. The van der Waals surface area contributed by atoms with E-state index in [0.717, 1.165) is 10.4 Å². The van der Waals surface area contributed by atoms with Crippen molar-refractivity contribution in [3.8, 4) is 6.07 Å². The molecule has 0 bridgehead atoms. The van der Waals surface area contributed by atoms with Gasteiger partial charge in [-0.15, -0.1) is 11.3 Å². The predicted octanol–water partition coefficient (Wildman–Crippen LogP) is 3.42. The van der Waals surface area contributed by atoms with Gasteiger partial charge in [0, 0.05) is 30.1 Å². The van der Waals surface area contributed by atoms with Crippen LogP contribution in [0.15, 0.2) is 29.2 Å². The molecular formula is C22H26N4O5S2. The van der Waals surface area contributed by atoms with Crippen LogP contribution in [0.4, 0.5) is 9.80 Å². The SMILES string of the molecule is CCOC(=O)N1CCc2c(sc(NC(=O)c3ccc(S(=O)(=O)N(C)C(C)C)cc3)c2C#N)C1. The molecule has 0 aliphatic carbocycles. The summed E-state index contributed by atoms with van der Waals surface area (Å²) in [5, 5.41) is 12.8. The Morgan fingerprint density at radius 3 is 2.55 bits per heavy atom. The molecule has 3 rings (SSSR count). The number of benzene rings is 1. The molecule has 2 aromatic rings. The van der Waals surface area contributed by atoms with Crippen molar-refractivity contribution >= 4 is 38.4 Å². The summed E-state index contributed by atoms with van der Waals surface area (Å²) < 4.78 is 31.5. The van der Waals surface area contributed by atoms with Gasteiger partial charge in [-0.05, 0) is 57.0 Å². The van der Waals surface area contributed by atoms with Gasteiger partial charge >= 0.3 is 6.09 Å². The number of thiophene rings is 1. The Kier molecular flexibility index (Phi) is 7.41. The highest BCUT2D eigenvalue weighted by Gasteiger charge is 2.28. The highest BCUT2D eigenvalue weighted by atomic mass is 32.2. The van der Waals surface area contributed by atoms with Crippen molar-refractivity contribution in [1.82, 2.24) is 9.21 Å². The summed E-state index contributed by atoms with van der Waals surface area (Å²) in [6.07, 6.45) is 0.0955. The molecule has 2 amide bonds. The van der Waals surface area contributed by atoms with Crippen LogP contribution in [0, 0.1) is 11.3 Å². The van der Waals surface area contributed by atoms with Crippen LogP contribution in [0.25, 0.3) is 0 Å². The zero-order valence-corrected chi connectivity index (χ0v) is 20.5. The van der Waals surface area contributed by atoms with Crippen molar-refractivity contribution in [2.75, 3.05) is 25.5 Å². The summed E-state index contributed by atoms with van der Waals surface area (Å²) in [5.41, 5.74) is 1.49. The number of carbonyl (C=O) groups excluding carboxylic acids is 2. The molecule has 1 aliphatic heterocycles. The van der Waals surface area contributed by atoms with E-state index in [4.69, 9.17) is 4.74 Å². The zero-order chi connectivity index (χ0) is 24.3. The van der Waals surface area contributed by atoms with Crippen molar-refractivity contribution in [1.29, 1.82) is 5.26 Å². The average molecular weight is 491 g/mol. The summed E-state index contributed by atoms with van der Waals surface area (Å²) in [4.78, 5) is 27.3. The third kappa shape index (κ3) is 5.03. The monoisotopic (exact) mass is 490 g/mol. The topological polar surface area (TPSA) is 120 Å². The molecule has 9 nitrogen and oxygen atoms in total. The van der Waals surface area contributed by atoms with E-state index in [0.29, 0.717) is 30.1 Å². The van der Waals surface area contributed by atoms with Crippen molar-refractivity contribution in [3.63, 3.8) is 0 Å². The Morgan fingerprint density at radius 2 is 1.97 bits per heavy atom. The van der Waals surface area contributed by atoms with Gasteiger partial charge in [-0.1, -0.05) is 0 Å². The number of nitrogens with one attached hydrogen (secondary N) is 1. The van der Waals surface area contributed by atoms with Crippen LogP contribution >= 0.6 is 11.3 Å². The van der Waals surface area contributed by atoms with Crippen molar-refractivity contribution in [2.45, 2.75) is 44.7 Å². The standard InChI is InChI=1S/C22H26N4O5S2/c1-5-31-22(28)26-11-10-17-18(12-23)21(32-19(17)13-26)24-20(27)15-6-8-16(9-7-15)33(29,30)25(4)14(2)3/h6-9,14H,5,10-11,13H2,1-4H3,(H,24,27). The Balaban J connectivity index is 1.79. The molecule has 0 fully saturated rings. The number of ether oxygens (including phenoxy) is 1. The van der Waals surface area contributed by atoms with E-state index in [1.54, 1.807) is 25.7 Å². The van der Waals surface area contributed by atoms with Crippen molar-refractivity contribution in [2.24, 2.45) is 0 Å². The van der Waals surface area contributed by atoms with Gasteiger partial charge in [-0.25, -0.2) is 13.2 Å². The first-order valence-corrected chi connectivity index (χ1v) is 12.7. The van der Waals surface area contributed by atoms with E-state index < -0.39 is 22.0 Å². The normalized spacial score (nSPS) is 13.5. The van der Waals surface area contributed by atoms with Crippen LogP contribution in [-0.2, 0) is 27.7 Å². The van der Waals surface area contributed by atoms with Gasteiger partial charge in [-0.3, -0.25) is 4.79 Å². The number of sulfonamides is 1. The van der Waals surface area contributed by atoms with Crippen molar-refractivity contribution in [3.05, 3.63) is 45.8 Å². The molecule has 1 aromatic heterocycles. The zero-order valence-electron chi connectivity index (χ0n) is 18.9. The number of fused-ring (bicyclic) bond motifs is 1. The highest BCUT2D eigenvalue weighted by molar-refractivity contribution is 7.89. The molecule has 1 aromatic carbocycles. The van der Waals surface area contributed by atoms with Gasteiger partial charge in [0.2, 0.25) is 10.0 Å². The maximum Gasteiger partial charge on any atom is 0.410 e. The minimum absolute atomic E-state index is 0.0959. The summed E-state index contributed by atoms with van der Waals surface area (Å²) in [5.74, 6) is -0.450. The Bertz CT molecular complexity index is 1200. The molecule has 0 spiro atoms. The Morgan fingerprint density at radius 1 is 1.30 bits per heavy atom. The van der Waals surface area contributed by atoms with Crippen LogP contribution < -0.4 is 5.32 Å². The third-order valence-electron chi connectivity index (χ3n) is 5.44. The fourth-order valence-corrected chi connectivity index (χ4v) is 5.95. The van der Waals surface area contributed by atoms with Gasteiger partial charge in [0.15, 0.2) is 0 Å². The molecular weight excluding hydrogens is 464 g/mol. The first-order chi connectivity index (χ1) is 15.6. The smallest absolute Gasteiger partial charge is 0.410 e. The van der Waals surface area contributed by atoms with Crippen LogP contribution in [-0.4, -0.2) is 55.9 Å². The Labute approximate surface area is 197 Å². The molecule has 1 N–H and O–H groups in total. The molecule has 176 valence electrons. The number of hydrogen-bond acceptors (Lipinski definition) is 7. The van der Waals surface area contributed by atoms with Crippen LogP contribution in [0.1, 0.15) is 47.1 Å². The third-order valence-corrected chi connectivity index (χ3v) is 8.62. The number of hydrogen-bond donors (Lipinski definition) is 1. The van der Waals surface area contributed by atoms with E-state index in [-0.39, 0.29) is 23.1 Å². The molecule has 33 heavy (non-hydrogen) atoms. The van der Waals surface area contributed by atoms with E-state index in [1.165, 1.54) is 47.0 Å². The first kappa shape index (κ1) is 24.7. The summed E-state index contributed by atoms with van der Waals surface area (Å²) in [6, 6.07) is 7.63. The van der Waals surface area contributed by atoms with E-state index in [2.05, 4.69) is 11.4 Å². The van der Waals surface area contributed by atoms with Gasteiger partial charge in [-0.2, -0.15) is 9.57 Å². The maximum absolute atomic E-state index is 12.8. The molecule has 0 saturated carbocycles. The molecule has 0 unspecified atom stereocenters. The number of rotatable bonds is 6. The lowest BCUT2D eigenvalue weighted by Gasteiger charge is -2.25. The molecule has 2 heterocycles. The summed E-state index contributed by atoms with van der Waals surface area (Å²) >= 11 is 1.26. The number of nitriles is 1. The minimum atomic E-state index is -3.65. The van der Waals surface area contributed by atoms with Gasteiger partial charge < -0.3 is 15.0 Å². The van der Waals surface area contributed by atoms with Crippen molar-refractivity contribution < 1.29 is 22.7 Å². The maximum atomic E-state index is 12.8. The molecule has 0 saturated heterocycles. The molecule has 11 heteroatoms. The lowest BCUT2D eigenvalue weighted by atomic mass is 10.0. The first-order valence-electron chi connectivity index (χ1n) is 10.5. The van der Waals surface area contributed by atoms with E-state index in [1.807, 2.05) is 0 Å². The largest absolute Gasteiger partial charge is 0.450 e. The second-order valence-electron chi connectivity index (χ2n) is 7.78. The van der Waals surface area contributed by atoms with Crippen LogP contribution in [0.2, 0.25) is 0 Å². The lowest BCUT2D eigenvalue weighted by molar-refractivity contribution is 0.102. The number of nitrogens with zero attached hydrogens (tertiary/aromatic N) is 3. The van der Waals surface area contributed by atoms with Gasteiger partial charge in [0.1, 0.15) is 11.1 Å². The second-order valence-corrected chi connectivity index (χ2v) is 10.9. The quantitative estimate of drug-likeness (QED) is 0.663. The highest BCUT2D eigenvalue weighted by Crippen LogP contribution is 2.37. The average Bonchev–Trinajstić information content (AvgIpc) is 3.14. The van der Waals surface area contributed by atoms with Gasteiger partial charge in [0.25, 0.3) is 5.91 Å². The number of amides is 2.